The van der Waals surface area contributed by atoms with E-state index in [1.165, 1.54) is 21.3 Å². The highest BCUT2D eigenvalue weighted by atomic mass is 16.9. The monoisotopic (exact) mass is 206 g/mol. The van der Waals surface area contributed by atoms with Gasteiger partial charge < -0.3 is 18.9 Å². The quantitative estimate of drug-likeness (QED) is 0.543. The number of rotatable bonds is 8. The number of Topliss-reactive ketones (excluding diaryl/α,β-unsaturated/α-hetero) is 1. The van der Waals surface area contributed by atoms with E-state index in [-0.39, 0.29) is 12.2 Å². The number of ether oxygens (including phenoxy) is 4. The van der Waals surface area contributed by atoms with Gasteiger partial charge >= 0.3 is 0 Å². The first-order valence-corrected chi connectivity index (χ1v) is 4.30. The van der Waals surface area contributed by atoms with Gasteiger partial charge in [-0.2, -0.15) is 0 Å². The Labute approximate surface area is 84.3 Å². The molecule has 0 atom stereocenters. The largest absolute Gasteiger partial charge is 0.384 e. The number of carbonyl (C=O) groups is 1. The van der Waals surface area contributed by atoms with Crippen molar-refractivity contribution in [2.45, 2.75) is 18.8 Å². The molecular formula is C9H18O5. The van der Waals surface area contributed by atoms with E-state index in [1.54, 1.807) is 7.11 Å². The summed E-state index contributed by atoms with van der Waals surface area (Å²) < 4.78 is 19.7. The third-order valence-electron chi connectivity index (χ3n) is 1.93. The standard InChI is InChI=1S/C9H18O5/c1-11-6-5-8(10)7-9(12-2,13-3)14-4/h5-7H2,1-4H3. The molecule has 0 aliphatic carbocycles. The number of ketones is 1. The van der Waals surface area contributed by atoms with E-state index in [9.17, 15) is 4.79 Å². The van der Waals surface area contributed by atoms with Crippen molar-refractivity contribution in [3.05, 3.63) is 0 Å². The van der Waals surface area contributed by atoms with Crippen LogP contribution in [0.25, 0.3) is 0 Å². The zero-order chi connectivity index (χ0) is 11.0. The van der Waals surface area contributed by atoms with Gasteiger partial charge in [-0.15, -0.1) is 0 Å². The molecule has 0 saturated carbocycles. The van der Waals surface area contributed by atoms with Crippen molar-refractivity contribution in [1.29, 1.82) is 0 Å². The number of carbonyl (C=O) groups excluding carboxylic acids is 1. The SMILES string of the molecule is COCCC(=O)CC(OC)(OC)OC. The van der Waals surface area contributed by atoms with E-state index < -0.39 is 5.97 Å². The Kier molecular flexibility index (Phi) is 6.65. The Balaban J connectivity index is 4.08. The molecular weight excluding hydrogens is 188 g/mol. The summed E-state index contributed by atoms with van der Waals surface area (Å²) in [4.78, 5) is 11.4. The second kappa shape index (κ2) is 6.89. The van der Waals surface area contributed by atoms with Gasteiger partial charge in [0, 0.05) is 34.9 Å². The number of hydrogen-bond donors (Lipinski definition) is 0. The zero-order valence-electron chi connectivity index (χ0n) is 9.16. The van der Waals surface area contributed by atoms with Crippen LogP contribution in [0.3, 0.4) is 0 Å². The predicted molar refractivity (Wildman–Crippen MR) is 49.9 cm³/mol. The highest BCUT2D eigenvalue weighted by Crippen LogP contribution is 2.18. The summed E-state index contributed by atoms with van der Waals surface area (Å²) in [6.45, 7) is 0.395. The third kappa shape index (κ3) is 4.15. The topological polar surface area (TPSA) is 54.0 Å². The Morgan fingerprint density at radius 1 is 1.07 bits per heavy atom. The minimum Gasteiger partial charge on any atom is -0.384 e. The molecule has 0 fully saturated rings. The molecule has 0 aromatic heterocycles. The van der Waals surface area contributed by atoms with E-state index >= 15 is 0 Å². The maximum Gasteiger partial charge on any atom is 0.289 e. The van der Waals surface area contributed by atoms with Crippen molar-refractivity contribution in [3.8, 4) is 0 Å². The summed E-state index contributed by atoms with van der Waals surface area (Å²) in [7, 11) is 5.83. The Morgan fingerprint density at radius 2 is 1.57 bits per heavy atom. The summed E-state index contributed by atoms with van der Waals surface area (Å²) in [5.74, 6) is -1.29. The minimum absolute atomic E-state index is 0.0302. The molecule has 0 heterocycles. The lowest BCUT2D eigenvalue weighted by atomic mass is 10.2. The van der Waals surface area contributed by atoms with Crippen LogP contribution in [0.15, 0.2) is 0 Å². The van der Waals surface area contributed by atoms with Crippen molar-refractivity contribution in [2.24, 2.45) is 0 Å². The van der Waals surface area contributed by atoms with Crippen LogP contribution in [0.1, 0.15) is 12.8 Å². The van der Waals surface area contributed by atoms with Gasteiger partial charge in [0.1, 0.15) is 5.78 Å². The molecule has 14 heavy (non-hydrogen) atoms. The summed E-state index contributed by atoms with van der Waals surface area (Å²) >= 11 is 0. The fraction of sp³-hybridized carbons (Fsp3) is 0.889. The van der Waals surface area contributed by atoms with Crippen molar-refractivity contribution in [1.82, 2.24) is 0 Å². The molecule has 0 N–H and O–H groups in total. The Morgan fingerprint density at radius 3 is 1.93 bits per heavy atom. The van der Waals surface area contributed by atoms with E-state index in [1.807, 2.05) is 0 Å². The molecule has 0 aliphatic heterocycles. The van der Waals surface area contributed by atoms with Crippen LogP contribution < -0.4 is 0 Å². The lowest BCUT2D eigenvalue weighted by Gasteiger charge is -2.27. The van der Waals surface area contributed by atoms with Gasteiger partial charge in [0.15, 0.2) is 0 Å². The molecule has 0 aromatic rings. The highest BCUT2D eigenvalue weighted by Gasteiger charge is 2.32. The maximum absolute atomic E-state index is 11.4. The fourth-order valence-electron chi connectivity index (χ4n) is 1.01. The van der Waals surface area contributed by atoms with Crippen molar-refractivity contribution in [3.63, 3.8) is 0 Å². The molecule has 5 heteroatoms. The third-order valence-corrected chi connectivity index (χ3v) is 1.93. The van der Waals surface area contributed by atoms with Gasteiger partial charge in [-0.3, -0.25) is 4.79 Å². The number of hydrogen-bond acceptors (Lipinski definition) is 5. The average molecular weight is 206 g/mol. The van der Waals surface area contributed by atoms with Gasteiger partial charge in [0.25, 0.3) is 5.97 Å². The fourth-order valence-corrected chi connectivity index (χ4v) is 1.01. The highest BCUT2D eigenvalue weighted by molar-refractivity contribution is 5.79. The van der Waals surface area contributed by atoms with Crippen molar-refractivity contribution < 1.29 is 23.7 Å². The van der Waals surface area contributed by atoms with Crippen LogP contribution in [-0.2, 0) is 23.7 Å². The van der Waals surface area contributed by atoms with Gasteiger partial charge in [-0.1, -0.05) is 0 Å². The van der Waals surface area contributed by atoms with Crippen LogP contribution in [0.5, 0.6) is 0 Å². The molecule has 0 bridgehead atoms. The van der Waals surface area contributed by atoms with E-state index in [2.05, 4.69) is 0 Å². The minimum atomic E-state index is -1.26. The molecule has 0 unspecified atom stereocenters. The lowest BCUT2D eigenvalue weighted by Crippen LogP contribution is -2.38. The summed E-state index contributed by atoms with van der Waals surface area (Å²) in [6.07, 6.45) is 0.383. The first-order chi connectivity index (χ1) is 6.64. The average Bonchev–Trinajstić information content (AvgIpc) is 2.23. The number of methoxy groups -OCH3 is 4. The normalized spacial score (nSPS) is 11.7. The molecule has 84 valence electrons. The summed E-state index contributed by atoms with van der Waals surface area (Å²) in [5.41, 5.74) is 0. The molecule has 0 rings (SSSR count). The molecule has 5 nitrogen and oxygen atoms in total. The molecule has 0 spiro atoms. The van der Waals surface area contributed by atoms with E-state index in [0.717, 1.165) is 0 Å². The second-order valence-electron chi connectivity index (χ2n) is 2.75. The van der Waals surface area contributed by atoms with Crippen LogP contribution in [-0.4, -0.2) is 46.8 Å². The van der Waals surface area contributed by atoms with Crippen molar-refractivity contribution >= 4 is 5.78 Å². The van der Waals surface area contributed by atoms with Crippen LogP contribution in [0.2, 0.25) is 0 Å². The maximum atomic E-state index is 11.4. The van der Waals surface area contributed by atoms with Gasteiger partial charge in [0.05, 0.1) is 13.0 Å². The molecule has 0 aromatic carbocycles. The Hall–Kier alpha value is -0.490. The van der Waals surface area contributed by atoms with Gasteiger partial charge in [-0.05, 0) is 0 Å². The summed E-state index contributed by atoms with van der Waals surface area (Å²) in [5, 5.41) is 0. The second-order valence-corrected chi connectivity index (χ2v) is 2.75. The van der Waals surface area contributed by atoms with Crippen LogP contribution >= 0.6 is 0 Å². The first-order valence-electron chi connectivity index (χ1n) is 4.30. The van der Waals surface area contributed by atoms with Crippen LogP contribution in [0.4, 0.5) is 0 Å². The lowest BCUT2D eigenvalue weighted by molar-refractivity contribution is -0.350. The Bertz CT molecular complexity index is 156. The molecule has 0 amide bonds. The van der Waals surface area contributed by atoms with Gasteiger partial charge in [0.2, 0.25) is 0 Å². The zero-order valence-corrected chi connectivity index (χ0v) is 9.16. The van der Waals surface area contributed by atoms with Gasteiger partial charge in [-0.25, -0.2) is 0 Å². The van der Waals surface area contributed by atoms with Crippen molar-refractivity contribution in [2.75, 3.05) is 35.0 Å². The summed E-state index contributed by atoms with van der Waals surface area (Å²) in [6, 6.07) is 0. The van der Waals surface area contributed by atoms with E-state index in [0.29, 0.717) is 13.0 Å². The molecule has 0 radical (unpaired) electrons. The smallest absolute Gasteiger partial charge is 0.289 e. The molecule has 0 aliphatic rings. The van der Waals surface area contributed by atoms with E-state index in [4.69, 9.17) is 18.9 Å². The van der Waals surface area contributed by atoms with Crippen LogP contribution in [0, 0.1) is 0 Å². The first kappa shape index (κ1) is 13.5. The predicted octanol–water partition coefficient (Wildman–Crippen LogP) is 0.575. The molecule has 0 saturated heterocycles.